The molecular weight excluding hydrogens is 428 g/mol. The Labute approximate surface area is 181 Å². The van der Waals surface area contributed by atoms with Gasteiger partial charge in [-0.15, -0.1) is 0 Å². The summed E-state index contributed by atoms with van der Waals surface area (Å²) < 4.78 is 58.7. The summed E-state index contributed by atoms with van der Waals surface area (Å²) in [6.07, 6.45) is -4.05. The smallest absolute Gasteiger partial charge is 0.383 e. The van der Waals surface area contributed by atoms with Crippen molar-refractivity contribution in [3.63, 3.8) is 0 Å². The Morgan fingerprint density at radius 2 is 2.06 bits per heavy atom. The van der Waals surface area contributed by atoms with Crippen molar-refractivity contribution in [3.05, 3.63) is 64.2 Å². The van der Waals surface area contributed by atoms with E-state index in [9.17, 15) is 22.4 Å². The monoisotopic (exact) mass is 448 g/mol. The maximum absolute atomic E-state index is 14.8. The zero-order valence-electron chi connectivity index (χ0n) is 17.3. The van der Waals surface area contributed by atoms with Crippen LogP contribution < -0.4 is 5.73 Å². The van der Waals surface area contributed by atoms with Gasteiger partial charge in [0.15, 0.2) is 0 Å². The van der Waals surface area contributed by atoms with E-state index in [-0.39, 0.29) is 42.9 Å². The van der Waals surface area contributed by atoms with E-state index in [1.54, 1.807) is 6.92 Å². The molecule has 0 radical (unpaired) electrons. The van der Waals surface area contributed by atoms with E-state index in [0.29, 0.717) is 17.1 Å². The fourth-order valence-corrected chi connectivity index (χ4v) is 3.83. The minimum atomic E-state index is -4.50. The second-order valence-electron chi connectivity index (χ2n) is 7.55. The van der Waals surface area contributed by atoms with E-state index in [1.165, 1.54) is 17.0 Å². The van der Waals surface area contributed by atoms with Gasteiger partial charge in [-0.05, 0) is 37.6 Å². The minimum Gasteiger partial charge on any atom is -0.383 e. The summed E-state index contributed by atoms with van der Waals surface area (Å²) in [5.41, 5.74) is 7.02. The van der Waals surface area contributed by atoms with Gasteiger partial charge in [0.2, 0.25) is 0 Å². The Morgan fingerprint density at radius 1 is 1.31 bits per heavy atom. The maximum atomic E-state index is 14.8. The molecule has 0 fully saturated rings. The fourth-order valence-electron chi connectivity index (χ4n) is 3.83. The van der Waals surface area contributed by atoms with Gasteiger partial charge >= 0.3 is 6.18 Å². The van der Waals surface area contributed by atoms with Crippen LogP contribution in [0, 0.1) is 5.82 Å². The predicted octanol–water partition coefficient (Wildman–Crippen LogP) is 4.62. The summed E-state index contributed by atoms with van der Waals surface area (Å²) >= 11 is 0. The first-order valence-corrected chi connectivity index (χ1v) is 9.94. The van der Waals surface area contributed by atoms with Crippen LogP contribution in [0.15, 0.2) is 30.5 Å². The Morgan fingerprint density at radius 3 is 2.69 bits per heavy atom. The molecule has 1 aliphatic heterocycles. The number of halogens is 4. The number of carbonyl (C=O) groups excluding carboxylic acids is 1. The van der Waals surface area contributed by atoms with Crippen molar-refractivity contribution in [2.75, 3.05) is 12.3 Å². The van der Waals surface area contributed by atoms with E-state index >= 15 is 0 Å². The lowest BCUT2D eigenvalue weighted by Crippen LogP contribution is -2.31. The third kappa shape index (κ3) is 3.86. The lowest BCUT2D eigenvalue weighted by Gasteiger charge is -2.21. The largest absolute Gasteiger partial charge is 0.417 e. The molecule has 2 aromatic heterocycles. The average Bonchev–Trinajstić information content (AvgIpc) is 3.13. The van der Waals surface area contributed by atoms with E-state index in [4.69, 9.17) is 10.5 Å². The number of pyridine rings is 2. The Balaban J connectivity index is 1.67. The van der Waals surface area contributed by atoms with Crippen LogP contribution in [0.4, 0.5) is 23.4 Å². The SMILES string of the molecule is CCN(Cc1ccc(C(F)(F)F)cn1)C(=O)c1cc2c3c(c(N)nc2cc1F)[C@@H](C)OC3. The molecule has 0 unspecified atom stereocenters. The molecule has 1 atom stereocenters. The number of alkyl halides is 3. The standard InChI is InChI=1S/C22H20F4N4O2/c1-3-30(9-13-5-4-12(8-28-13)22(24,25)26)21(31)15-6-14-16-10-32-11(2)19(16)20(27)29-18(14)7-17(15)23/h4-8,11H,3,9-10H2,1-2H3,(H2,27,29)/t11-/m1/s1. The molecule has 3 aromatic rings. The van der Waals surface area contributed by atoms with Gasteiger partial charge in [-0.25, -0.2) is 9.37 Å². The number of ether oxygens (including phenoxy) is 1. The lowest BCUT2D eigenvalue weighted by molar-refractivity contribution is -0.137. The van der Waals surface area contributed by atoms with Crippen LogP contribution in [0.5, 0.6) is 0 Å². The minimum absolute atomic E-state index is 0.0663. The van der Waals surface area contributed by atoms with Crippen molar-refractivity contribution in [3.8, 4) is 0 Å². The van der Waals surface area contributed by atoms with E-state index in [1.807, 2.05) is 6.92 Å². The van der Waals surface area contributed by atoms with E-state index < -0.39 is 23.5 Å². The number of nitrogen functional groups attached to an aromatic ring is 1. The first-order valence-electron chi connectivity index (χ1n) is 9.94. The molecule has 3 heterocycles. The van der Waals surface area contributed by atoms with Gasteiger partial charge in [-0.2, -0.15) is 13.2 Å². The third-order valence-corrected chi connectivity index (χ3v) is 5.54. The van der Waals surface area contributed by atoms with Crippen LogP contribution in [0.3, 0.4) is 0 Å². The number of nitrogens with zero attached hydrogens (tertiary/aromatic N) is 3. The number of amides is 1. The molecule has 1 aromatic carbocycles. The number of rotatable bonds is 4. The molecule has 2 N–H and O–H groups in total. The number of hydrogen-bond donors (Lipinski definition) is 1. The normalized spacial score (nSPS) is 15.8. The molecule has 4 rings (SSSR count). The van der Waals surface area contributed by atoms with Gasteiger partial charge in [0.25, 0.3) is 5.91 Å². The zero-order valence-corrected chi connectivity index (χ0v) is 17.3. The summed E-state index contributed by atoms with van der Waals surface area (Å²) in [6.45, 7) is 3.93. The molecule has 6 nitrogen and oxygen atoms in total. The van der Waals surface area contributed by atoms with E-state index in [2.05, 4.69) is 9.97 Å². The molecule has 0 saturated carbocycles. The highest BCUT2D eigenvalue weighted by molar-refractivity contribution is 5.99. The van der Waals surface area contributed by atoms with Crippen LogP contribution in [0.2, 0.25) is 0 Å². The average molecular weight is 448 g/mol. The van der Waals surface area contributed by atoms with Crippen molar-refractivity contribution in [2.45, 2.75) is 39.3 Å². The molecule has 0 spiro atoms. The molecule has 0 aliphatic carbocycles. The summed E-state index contributed by atoms with van der Waals surface area (Å²) in [7, 11) is 0. The van der Waals surface area contributed by atoms with Crippen molar-refractivity contribution in [2.24, 2.45) is 0 Å². The molecule has 32 heavy (non-hydrogen) atoms. The van der Waals surface area contributed by atoms with Gasteiger partial charge < -0.3 is 15.4 Å². The molecule has 1 amide bonds. The van der Waals surface area contributed by atoms with Gasteiger partial charge in [-0.1, -0.05) is 0 Å². The molecule has 1 aliphatic rings. The number of fused-ring (bicyclic) bond motifs is 3. The van der Waals surface area contributed by atoms with Crippen LogP contribution in [-0.4, -0.2) is 27.3 Å². The van der Waals surface area contributed by atoms with Crippen LogP contribution in [0.1, 0.15) is 52.7 Å². The van der Waals surface area contributed by atoms with Crippen LogP contribution in [-0.2, 0) is 24.1 Å². The zero-order chi connectivity index (χ0) is 23.2. The van der Waals surface area contributed by atoms with Gasteiger partial charge in [0.1, 0.15) is 11.6 Å². The molecule has 10 heteroatoms. The van der Waals surface area contributed by atoms with E-state index in [0.717, 1.165) is 23.3 Å². The highest BCUT2D eigenvalue weighted by Crippen LogP contribution is 2.38. The third-order valence-electron chi connectivity index (χ3n) is 5.54. The first kappa shape index (κ1) is 21.9. The molecule has 0 saturated heterocycles. The number of aromatic nitrogens is 2. The highest BCUT2D eigenvalue weighted by Gasteiger charge is 2.31. The first-order chi connectivity index (χ1) is 15.1. The highest BCUT2D eigenvalue weighted by atomic mass is 19.4. The second-order valence-corrected chi connectivity index (χ2v) is 7.55. The van der Waals surface area contributed by atoms with Crippen molar-refractivity contribution < 1.29 is 27.1 Å². The number of benzene rings is 1. The lowest BCUT2D eigenvalue weighted by atomic mass is 9.99. The molecular formula is C22H20F4N4O2. The van der Waals surface area contributed by atoms with Crippen molar-refractivity contribution in [1.29, 1.82) is 0 Å². The quantitative estimate of drug-likeness (QED) is 0.589. The Kier molecular flexibility index (Phi) is 5.49. The van der Waals surface area contributed by atoms with Crippen LogP contribution in [0.25, 0.3) is 10.9 Å². The number of hydrogen-bond acceptors (Lipinski definition) is 5. The Bertz CT molecular complexity index is 1200. The summed E-state index contributed by atoms with van der Waals surface area (Å²) in [5, 5.41) is 0.576. The topological polar surface area (TPSA) is 81.3 Å². The van der Waals surface area contributed by atoms with Crippen LogP contribution >= 0.6 is 0 Å². The summed E-state index contributed by atoms with van der Waals surface area (Å²) in [5.74, 6) is -1.11. The van der Waals surface area contributed by atoms with Crippen molar-refractivity contribution >= 4 is 22.6 Å². The Hall–Kier alpha value is -3.27. The fraction of sp³-hybridized carbons (Fsp3) is 0.318. The molecule has 0 bridgehead atoms. The van der Waals surface area contributed by atoms with Gasteiger partial charge in [0.05, 0.1) is 41.6 Å². The summed E-state index contributed by atoms with van der Waals surface area (Å²) in [4.78, 5) is 22.5. The number of carbonyl (C=O) groups is 1. The van der Waals surface area contributed by atoms with Crippen molar-refractivity contribution in [1.82, 2.24) is 14.9 Å². The number of anilines is 1. The number of nitrogens with two attached hydrogens (primary N) is 1. The molecule has 168 valence electrons. The summed E-state index contributed by atoms with van der Waals surface area (Å²) in [6, 6.07) is 4.69. The van der Waals surface area contributed by atoms with Gasteiger partial charge in [0, 0.05) is 29.8 Å². The maximum Gasteiger partial charge on any atom is 0.417 e. The van der Waals surface area contributed by atoms with Gasteiger partial charge in [-0.3, -0.25) is 9.78 Å². The second kappa shape index (κ2) is 8.01. The predicted molar refractivity (Wildman–Crippen MR) is 109 cm³/mol.